The fourth-order valence-electron chi connectivity index (χ4n) is 3.46. The van der Waals surface area contributed by atoms with E-state index in [4.69, 9.17) is 38.0 Å². The van der Waals surface area contributed by atoms with Crippen LogP contribution in [0.2, 0.25) is 5.02 Å². The molecule has 1 amide bonds. The van der Waals surface area contributed by atoms with Crippen molar-refractivity contribution in [1.29, 1.82) is 0 Å². The van der Waals surface area contributed by atoms with Gasteiger partial charge < -0.3 is 24.8 Å². The highest BCUT2D eigenvalue weighted by molar-refractivity contribution is 9.10. The van der Waals surface area contributed by atoms with Crippen molar-refractivity contribution in [2.24, 2.45) is 5.10 Å². The van der Waals surface area contributed by atoms with E-state index in [1.807, 2.05) is 0 Å². The van der Waals surface area contributed by atoms with Crippen LogP contribution in [-0.4, -0.2) is 43.5 Å². The maximum absolute atomic E-state index is 12.6. The number of nitrogens with zero attached hydrogens (tertiary/aromatic N) is 1. The zero-order valence-corrected chi connectivity index (χ0v) is 22.8. The van der Waals surface area contributed by atoms with Gasteiger partial charge >= 0.3 is 5.97 Å². The number of rotatable bonds is 9. The highest BCUT2D eigenvalue weighted by Crippen LogP contribution is 2.34. The Kier molecular flexibility index (Phi) is 9.68. The molecule has 3 rings (SSSR count). The van der Waals surface area contributed by atoms with Gasteiger partial charge in [-0.3, -0.25) is 4.79 Å². The summed E-state index contributed by atoms with van der Waals surface area (Å²) in [6, 6.07) is 9.84. The lowest BCUT2D eigenvalue weighted by Crippen LogP contribution is -2.45. The van der Waals surface area contributed by atoms with Gasteiger partial charge in [0.05, 0.1) is 41.0 Å². The van der Waals surface area contributed by atoms with Crippen LogP contribution in [0.25, 0.3) is 0 Å². The molecule has 0 unspecified atom stereocenters. The summed E-state index contributed by atoms with van der Waals surface area (Å²) >= 11 is 14.8. The number of hydrogen-bond donors (Lipinski definition) is 3. The Morgan fingerprint density at radius 1 is 1.31 bits per heavy atom. The maximum Gasteiger partial charge on any atom is 0.338 e. The van der Waals surface area contributed by atoms with Crippen LogP contribution in [-0.2, 0) is 14.3 Å². The van der Waals surface area contributed by atoms with E-state index < -0.39 is 17.9 Å². The molecule has 36 heavy (non-hydrogen) atoms. The average molecular weight is 596 g/mol. The van der Waals surface area contributed by atoms with Gasteiger partial charge in [0.25, 0.3) is 5.91 Å². The first-order chi connectivity index (χ1) is 17.2. The lowest BCUT2D eigenvalue weighted by molar-refractivity contribution is -0.139. The third-order valence-electron chi connectivity index (χ3n) is 4.98. The molecular formula is C24H24BrClN4O5S. The topological polar surface area (TPSA) is 110 Å². The molecular weight excluding hydrogens is 572 g/mol. The first kappa shape index (κ1) is 27.4. The van der Waals surface area contributed by atoms with Crippen molar-refractivity contribution in [3.8, 4) is 11.5 Å². The third-order valence-corrected chi connectivity index (χ3v) is 6.07. The zero-order chi connectivity index (χ0) is 26.2. The average Bonchev–Trinajstić information content (AvgIpc) is 2.82. The van der Waals surface area contributed by atoms with E-state index >= 15 is 0 Å². The van der Waals surface area contributed by atoms with Crippen molar-refractivity contribution in [1.82, 2.24) is 16.1 Å². The SMILES string of the molecule is CCOC(=O)C1=C(C)NC(=S)N[C@@H]1c1ccccc1OCC(=O)NN=Cc1cc(Cl)c(OC)c(Br)c1. The Morgan fingerprint density at radius 2 is 2.06 bits per heavy atom. The van der Waals surface area contributed by atoms with E-state index in [9.17, 15) is 9.59 Å². The molecule has 3 N–H and O–H groups in total. The standard InChI is InChI=1S/C24H24BrClN4O5S/c1-4-34-23(32)20-13(2)28-24(36)29-21(20)15-7-5-6-8-18(15)35-12-19(31)30-27-11-14-9-16(25)22(33-3)17(26)10-14/h5-11,21H,4,12H2,1-3H3,(H,30,31)(H2,28,29,36)/t21-/m1/s1. The van der Waals surface area contributed by atoms with Crippen LogP contribution in [0.5, 0.6) is 11.5 Å². The van der Waals surface area contributed by atoms with E-state index in [0.717, 1.165) is 0 Å². The Hall–Kier alpha value is -3.15. The van der Waals surface area contributed by atoms with Crippen LogP contribution in [0.4, 0.5) is 0 Å². The molecule has 1 aliphatic rings. The molecule has 1 aliphatic heterocycles. The summed E-state index contributed by atoms with van der Waals surface area (Å²) in [7, 11) is 1.52. The number of nitrogens with one attached hydrogen (secondary N) is 3. The largest absolute Gasteiger partial charge is 0.494 e. The molecule has 0 saturated carbocycles. The number of methoxy groups -OCH3 is 1. The number of ether oxygens (including phenoxy) is 3. The van der Waals surface area contributed by atoms with Crippen LogP contribution < -0.4 is 25.5 Å². The number of thiocarbonyl (C=S) groups is 1. The van der Waals surface area contributed by atoms with Gasteiger partial charge in [0.2, 0.25) is 0 Å². The molecule has 0 aromatic heterocycles. The first-order valence-electron chi connectivity index (χ1n) is 10.8. The lowest BCUT2D eigenvalue weighted by atomic mass is 9.95. The Morgan fingerprint density at radius 3 is 2.75 bits per heavy atom. The number of para-hydroxylation sites is 1. The smallest absolute Gasteiger partial charge is 0.338 e. The quantitative estimate of drug-likeness (QED) is 0.173. The molecule has 0 aliphatic carbocycles. The predicted octanol–water partition coefficient (Wildman–Crippen LogP) is 4.00. The van der Waals surface area contributed by atoms with E-state index in [-0.39, 0.29) is 13.2 Å². The van der Waals surface area contributed by atoms with Gasteiger partial charge in [-0.15, -0.1) is 0 Å². The van der Waals surface area contributed by atoms with Crippen molar-refractivity contribution < 1.29 is 23.8 Å². The molecule has 2 aromatic rings. The minimum Gasteiger partial charge on any atom is -0.494 e. The number of amides is 1. The van der Waals surface area contributed by atoms with Crippen LogP contribution in [0.1, 0.15) is 31.0 Å². The Bertz CT molecular complexity index is 1210. The van der Waals surface area contributed by atoms with Gasteiger partial charge in [0, 0.05) is 11.3 Å². The van der Waals surface area contributed by atoms with E-state index in [1.165, 1.54) is 13.3 Å². The molecule has 9 nitrogen and oxygen atoms in total. The fourth-order valence-corrected chi connectivity index (χ4v) is 4.79. The molecule has 0 bridgehead atoms. The van der Waals surface area contributed by atoms with E-state index in [0.29, 0.717) is 48.5 Å². The highest BCUT2D eigenvalue weighted by Gasteiger charge is 2.32. The highest BCUT2D eigenvalue weighted by atomic mass is 79.9. The predicted molar refractivity (Wildman–Crippen MR) is 144 cm³/mol. The third kappa shape index (κ3) is 6.74. The van der Waals surface area contributed by atoms with Crippen LogP contribution in [0, 0.1) is 0 Å². The van der Waals surface area contributed by atoms with Crippen molar-refractivity contribution in [2.45, 2.75) is 19.9 Å². The minimum atomic E-state index is -0.617. The second kappa shape index (κ2) is 12.7. The first-order valence-corrected chi connectivity index (χ1v) is 12.3. The Labute approximate surface area is 227 Å². The summed E-state index contributed by atoms with van der Waals surface area (Å²) in [4.78, 5) is 25.0. The van der Waals surface area contributed by atoms with Crippen LogP contribution in [0.3, 0.4) is 0 Å². The van der Waals surface area contributed by atoms with Gasteiger partial charge in [-0.05, 0) is 65.8 Å². The molecule has 12 heteroatoms. The number of halogens is 2. The number of carbonyl (C=O) groups excluding carboxylic acids is 2. The normalized spacial score (nSPS) is 15.2. The molecule has 0 saturated heterocycles. The minimum absolute atomic E-state index is 0.227. The monoisotopic (exact) mass is 594 g/mol. The van der Waals surface area contributed by atoms with Crippen molar-refractivity contribution in [3.63, 3.8) is 0 Å². The van der Waals surface area contributed by atoms with Gasteiger partial charge in [0.1, 0.15) is 5.75 Å². The molecule has 190 valence electrons. The van der Waals surface area contributed by atoms with E-state index in [1.54, 1.807) is 50.2 Å². The Balaban J connectivity index is 1.70. The molecule has 0 radical (unpaired) electrons. The summed E-state index contributed by atoms with van der Waals surface area (Å²) in [6.07, 6.45) is 1.45. The zero-order valence-electron chi connectivity index (χ0n) is 19.7. The molecule has 2 aromatic carbocycles. The number of hydrazone groups is 1. The molecule has 1 atom stereocenters. The second-order valence-corrected chi connectivity index (χ2v) is 9.10. The summed E-state index contributed by atoms with van der Waals surface area (Å²) < 4.78 is 16.8. The van der Waals surface area contributed by atoms with Gasteiger partial charge in [-0.1, -0.05) is 29.8 Å². The summed E-state index contributed by atoms with van der Waals surface area (Å²) in [6.45, 7) is 3.40. The van der Waals surface area contributed by atoms with Gasteiger partial charge in [-0.25, -0.2) is 10.2 Å². The van der Waals surface area contributed by atoms with Gasteiger partial charge in [-0.2, -0.15) is 5.10 Å². The number of carbonyl (C=O) groups is 2. The van der Waals surface area contributed by atoms with Gasteiger partial charge in [0.15, 0.2) is 17.5 Å². The lowest BCUT2D eigenvalue weighted by Gasteiger charge is -2.30. The van der Waals surface area contributed by atoms with Crippen molar-refractivity contribution >= 4 is 63.0 Å². The van der Waals surface area contributed by atoms with E-state index in [2.05, 4.69) is 37.1 Å². The number of benzene rings is 2. The fraction of sp³-hybridized carbons (Fsp3) is 0.250. The summed E-state index contributed by atoms with van der Waals surface area (Å²) in [5.74, 6) is -0.0510. The number of esters is 1. The second-order valence-electron chi connectivity index (χ2n) is 7.43. The maximum atomic E-state index is 12.6. The van der Waals surface area contributed by atoms with Crippen molar-refractivity contribution in [2.75, 3.05) is 20.3 Å². The summed E-state index contributed by atoms with van der Waals surface area (Å²) in [5, 5.41) is 10.7. The van der Waals surface area contributed by atoms with Crippen molar-refractivity contribution in [3.05, 3.63) is 68.3 Å². The molecule has 1 heterocycles. The van der Waals surface area contributed by atoms with Crippen LogP contribution in [0.15, 0.2) is 57.2 Å². The number of allylic oxidation sites excluding steroid dienone is 1. The molecule has 0 spiro atoms. The summed E-state index contributed by atoms with van der Waals surface area (Å²) in [5.41, 5.74) is 4.64. The van der Waals surface area contributed by atoms with Crippen LogP contribution >= 0.6 is 39.7 Å². The molecule has 0 fully saturated rings. The number of hydrogen-bond acceptors (Lipinski definition) is 7.